The van der Waals surface area contributed by atoms with Gasteiger partial charge in [0.05, 0.1) is 5.60 Å². The highest BCUT2D eigenvalue weighted by molar-refractivity contribution is 5.73. The maximum Gasteiger partial charge on any atom is 0.314 e. The molecule has 1 aromatic rings. The Hall–Kier alpha value is -1.79. The number of carbonyl (C=O) groups is 1. The van der Waals surface area contributed by atoms with Crippen LogP contribution in [0.25, 0.3) is 0 Å². The summed E-state index contributed by atoms with van der Waals surface area (Å²) >= 11 is 0. The maximum absolute atomic E-state index is 11.7. The normalized spacial score (nSPS) is 20.0. The molecule has 0 spiro atoms. The fraction of sp³-hybridized carbons (Fsp3) is 0.632. The fourth-order valence-electron chi connectivity index (χ4n) is 3.44. The largest absolute Gasteiger partial charge is 0.388 e. The lowest BCUT2D eigenvalue weighted by molar-refractivity contribution is -0.0290. The number of para-hydroxylation sites is 1. The summed E-state index contributed by atoms with van der Waals surface area (Å²) in [4.78, 5) is 16.6. The third kappa shape index (κ3) is 5.34. The van der Waals surface area contributed by atoms with E-state index in [1.165, 1.54) is 5.69 Å². The van der Waals surface area contributed by atoms with Crippen molar-refractivity contribution in [1.82, 2.24) is 15.5 Å². The highest BCUT2D eigenvalue weighted by Crippen LogP contribution is 2.30. The second-order valence-corrected chi connectivity index (χ2v) is 7.21. The van der Waals surface area contributed by atoms with Gasteiger partial charge in [0.1, 0.15) is 0 Å². The highest BCUT2D eigenvalue weighted by atomic mass is 16.3. The van der Waals surface area contributed by atoms with Crippen LogP contribution in [0.1, 0.15) is 25.7 Å². The number of anilines is 1. The van der Waals surface area contributed by atoms with E-state index in [9.17, 15) is 9.90 Å². The first-order chi connectivity index (χ1) is 12.1. The molecule has 0 unspecified atom stereocenters. The van der Waals surface area contributed by atoms with Gasteiger partial charge in [-0.05, 0) is 44.4 Å². The first kappa shape index (κ1) is 18.0. The zero-order valence-electron chi connectivity index (χ0n) is 14.9. The van der Waals surface area contributed by atoms with Crippen LogP contribution in [0, 0.1) is 0 Å². The summed E-state index contributed by atoms with van der Waals surface area (Å²) in [5.41, 5.74) is 0.643. The number of benzene rings is 1. The lowest BCUT2D eigenvalue weighted by Crippen LogP contribution is -2.50. The summed E-state index contributed by atoms with van der Waals surface area (Å²) in [6.07, 6.45) is 3.59. The summed E-state index contributed by atoms with van der Waals surface area (Å²) in [6.45, 7) is 6.27. The van der Waals surface area contributed by atoms with Crippen molar-refractivity contribution in [2.75, 3.05) is 50.7 Å². The van der Waals surface area contributed by atoms with Crippen LogP contribution < -0.4 is 15.5 Å². The van der Waals surface area contributed by atoms with E-state index < -0.39 is 5.60 Å². The minimum Gasteiger partial charge on any atom is -0.388 e. The van der Waals surface area contributed by atoms with E-state index in [4.69, 9.17) is 0 Å². The van der Waals surface area contributed by atoms with Crippen molar-refractivity contribution in [1.29, 1.82) is 0 Å². The monoisotopic (exact) mass is 346 g/mol. The van der Waals surface area contributed by atoms with Gasteiger partial charge in [-0.25, -0.2) is 4.79 Å². The summed E-state index contributed by atoms with van der Waals surface area (Å²) in [7, 11) is 0. The number of amides is 2. The first-order valence-electron chi connectivity index (χ1n) is 9.41. The van der Waals surface area contributed by atoms with E-state index in [2.05, 4.69) is 50.8 Å². The predicted octanol–water partition coefficient (Wildman–Crippen LogP) is 1.41. The number of aliphatic hydroxyl groups is 1. The minimum atomic E-state index is -0.657. The number of nitrogens with zero attached hydrogens (tertiary/aromatic N) is 2. The summed E-state index contributed by atoms with van der Waals surface area (Å²) < 4.78 is 0. The molecule has 0 aromatic heterocycles. The van der Waals surface area contributed by atoms with Crippen LogP contribution in [-0.4, -0.2) is 67.5 Å². The zero-order valence-corrected chi connectivity index (χ0v) is 14.9. The molecule has 3 rings (SSSR count). The molecule has 1 aliphatic carbocycles. The molecule has 2 fully saturated rings. The molecule has 6 nitrogen and oxygen atoms in total. The van der Waals surface area contributed by atoms with Gasteiger partial charge in [0.2, 0.25) is 0 Å². The predicted molar refractivity (Wildman–Crippen MR) is 99.9 cm³/mol. The van der Waals surface area contributed by atoms with Gasteiger partial charge in [-0.2, -0.15) is 0 Å². The quantitative estimate of drug-likeness (QED) is 0.653. The summed E-state index contributed by atoms with van der Waals surface area (Å²) in [5.74, 6) is 0. The molecule has 0 radical (unpaired) electrons. The summed E-state index contributed by atoms with van der Waals surface area (Å²) in [5, 5.41) is 15.6. The lowest BCUT2D eigenvalue weighted by Gasteiger charge is -2.36. The molecule has 2 aliphatic rings. The van der Waals surface area contributed by atoms with Crippen LogP contribution >= 0.6 is 0 Å². The first-order valence-corrected chi connectivity index (χ1v) is 9.41. The van der Waals surface area contributed by atoms with Crippen molar-refractivity contribution in [2.24, 2.45) is 0 Å². The average Bonchev–Trinajstić information content (AvgIpc) is 2.63. The lowest BCUT2D eigenvalue weighted by atomic mass is 9.80. The molecular weight excluding hydrogens is 316 g/mol. The number of hydrogen-bond acceptors (Lipinski definition) is 4. The van der Waals surface area contributed by atoms with Gasteiger partial charge in [-0.3, -0.25) is 4.90 Å². The van der Waals surface area contributed by atoms with E-state index in [0.29, 0.717) is 13.1 Å². The van der Waals surface area contributed by atoms with E-state index in [-0.39, 0.29) is 6.03 Å². The number of hydrogen-bond donors (Lipinski definition) is 3. The van der Waals surface area contributed by atoms with Crippen molar-refractivity contribution in [2.45, 2.75) is 31.3 Å². The third-order valence-corrected chi connectivity index (χ3v) is 5.29. The molecule has 1 saturated heterocycles. The van der Waals surface area contributed by atoms with Crippen molar-refractivity contribution >= 4 is 11.7 Å². The van der Waals surface area contributed by atoms with Crippen LogP contribution in [0.15, 0.2) is 30.3 Å². The number of carbonyl (C=O) groups excluding carboxylic acids is 1. The number of rotatable bonds is 7. The van der Waals surface area contributed by atoms with E-state index in [1.807, 2.05) is 0 Å². The molecule has 0 bridgehead atoms. The molecule has 25 heavy (non-hydrogen) atoms. The summed E-state index contributed by atoms with van der Waals surface area (Å²) in [6, 6.07) is 10.4. The maximum atomic E-state index is 11.7. The van der Waals surface area contributed by atoms with Crippen LogP contribution in [0.2, 0.25) is 0 Å². The number of piperazine rings is 1. The van der Waals surface area contributed by atoms with Gasteiger partial charge in [-0.1, -0.05) is 18.2 Å². The molecular formula is C19H30N4O2. The van der Waals surface area contributed by atoms with E-state index >= 15 is 0 Å². The Morgan fingerprint density at radius 2 is 1.80 bits per heavy atom. The highest BCUT2D eigenvalue weighted by Gasteiger charge is 2.34. The van der Waals surface area contributed by atoms with Crippen molar-refractivity contribution in [3.05, 3.63) is 30.3 Å². The van der Waals surface area contributed by atoms with Crippen LogP contribution in [0.4, 0.5) is 10.5 Å². The molecule has 1 aromatic carbocycles. The molecule has 1 saturated carbocycles. The van der Waals surface area contributed by atoms with Gasteiger partial charge in [0.25, 0.3) is 0 Å². The smallest absolute Gasteiger partial charge is 0.314 e. The van der Waals surface area contributed by atoms with Gasteiger partial charge in [0, 0.05) is 45.0 Å². The number of urea groups is 1. The molecule has 1 heterocycles. The molecule has 1 aliphatic heterocycles. The van der Waals surface area contributed by atoms with E-state index in [0.717, 1.165) is 58.4 Å². The molecule has 6 heteroatoms. The Kier molecular flexibility index (Phi) is 6.15. The van der Waals surface area contributed by atoms with Gasteiger partial charge in [0.15, 0.2) is 0 Å². The molecule has 2 amide bonds. The Labute approximate surface area is 150 Å². The Balaban J connectivity index is 1.24. The minimum absolute atomic E-state index is 0.172. The standard InChI is InChI=1S/C19H30N4O2/c24-18(21-16-19(25)8-4-9-19)20-10-5-11-22-12-14-23(15-13-22)17-6-2-1-3-7-17/h1-3,6-7,25H,4-5,8-16H2,(H2,20,21,24). The van der Waals surface area contributed by atoms with Crippen LogP contribution in [-0.2, 0) is 0 Å². The van der Waals surface area contributed by atoms with Gasteiger partial charge in [-0.15, -0.1) is 0 Å². The van der Waals surface area contributed by atoms with Crippen molar-refractivity contribution < 1.29 is 9.90 Å². The third-order valence-electron chi connectivity index (χ3n) is 5.29. The topological polar surface area (TPSA) is 67.8 Å². The van der Waals surface area contributed by atoms with Crippen LogP contribution in [0.3, 0.4) is 0 Å². The molecule has 3 N–H and O–H groups in total. The zero-order chi connectivity index (χ0) is 17.5. The van der Waals surface area contributed by atoms with Crippen molar-refractivity contribution in [3.8, 4) is 0 Å². The van der Waals surface area contributed by atoms with Crippen LogP contribution in [0.5, 0.6) is 0 Å². The Morgan fingerprint density at radius 3 is 2.44 bits per heavy atom. The number of nitrogens with one attached hydrogen (secondary N) is 2. The van der Waals surface area contributed by atoms with Gasteiger partial charge >= 0.3 is 6.03 Å². The Bertz CT molecular complexity index is 540. The average molecular weight is 346 g/mol. The second-order valence-electron chi connectivity index (χ2n) is 7.21. The Morgan fingerprint density at radius 1 is 1.08 bits per heavy atom. The molecule has 0 atom stereocenters. The molecule has 138 valence electrons. The van der Waals surface area contributed by atoms with Crippen molar-refractivity contribution in [3.63, 3.8) is 0 Å². The fourth-order valence-corrected chi connectivity index (χ4v) is 3.44. The second kappa shape index (κ2) is 8.54. The SMILES string of the molecule is O=C(NCCCN1CCN(c2ccccc2)CC1)NCC1(O)CCC1. The van der Waals surface area contributed by atoms with Gasteiger partial charge < -0.3 is 20.6 Å². The van der Waals surface area contributed by atoms with E-state index in [1.54, 1.807) is 0 Å².